The third kappa shape index (κ3) is 4.00. The molecule has 0 aliphatic heterocycles. The number of benzene rings is 2. The highest BCUT2D eigenvalue weighted by molar-refractivity contribution is 5.81. The lowest BCUT2D eigenvalue weighted by Crippen LogP contribution is -2.11. The lowest BCUT2D eigenvalue weighted by Gasteiger charge is -2.15. The Morgan fingerprint density at radius 3 is 2.35 bits per heavy atom. The number of nitro groups is 1. The van der Waals surface area contributed by atoms with E-state index in [-0.39, 0.29) is 39.9 Å². The standard InChI is InChI=1S/C21H13F3N4O3/c1-12-10-16(21(22,23)24)17(18(25-12)13-6-3-2-4-7-13)19-26-20(31-27-19)14-8-5-9-15(11-14)28(29)30/h2-11H,1H3. The maximum Gasteiger partial charge on any atom is 0.417 e. The largest absolute Gasteiger partial charge is 0.417 e. The van der Waals surface area contributed by atoms with E-state index in [9.17, 15) is 23.3 Å². The minimum atomic E-state index is -4.70. The topological polar surface area (TPSA) is 95.0 Å². The van der Waals surface area contributed by atoms with Crippen LogP contribution in [-0.2, 0) is 6.18 Å². The van der Waals surface area contributed by atoms with Crippen molar-refractivity contribution in [2.75, 3.05) is 0 Å². The van der Waals surface area contributed by atoms with Crippen LogP contribution in [0.2, 0.25) is 0 Å². The zero-order chi connectivity index (χ0) is 22.2. The molecule has 156 valence electrons. The Morgan fingerprint density at radius 1 is 0.968 bits per heavy atom. The molecule has 0 amide bonds. The molecule has 0 unspecified atom stereocenters. The second-order valence-electron chi connectivity index (χ2n) is 6.63. The number of non-ortho nitro benzene ring substituents is 1. The second-order valence-corrected chi connectivity index (χ2v) is 6.63. The van der Waals surface area contributed by atoms with Crippen LogP contribution in [0.1, 0.15) is 11.3 Å². The average molecular weight is 426 g/mol. The number of nitrogens with zero attached hydrogens (tertiary/aromatic N) is 4. The molecule has 0 atom stereocenters. The summed E-state index contributed by atoms with van der Waals surface area (Å²) < 4.78 is 46.8. The Balaban J connectivity index is 1.92. The normalized spacial score (nSPS) is 11.5. The maximum atomic E-state index is 13.9. The van der Waals surface area contributed by atoms with Crippen LogP contribution in [0, 0.1) is 17.0 Å². The maximum absolute atomic E-state index is 13.9. The van der Waals surface area contributed by atoms with E-state index < -0.39 is 16.7 Å². The van der Waals surface area contributed by atoms with E-state index in [0.29, 0.717) is 5.56 Å². The summed E-state index contributed by atoms with van der Waals surface area (Å²) in [6.07, 6.45) is -4.70. The van der Waals surface area contributed by atoms with E-state index in [2.05, 4.69) is 15.1 Å². The van der Waals surface area contributed by atoms with Gasteiger partial charge >= 0.3 is 6.18 Å². The minimum absolute atomic E-state index is 0.0549. The van der Waals surface area contributed by atoms with Gasteiger partial charge in [0.2, 0.25) is 5.82 Å². The summed E-state index contributed by atoms with van der Waals surface area (Å²) in [5.41, 5.74) is -0.599. The fraction of sp³-hybridized carbons (Fsp3) is 0.0952. The van der Waals surface area contributed by atoms with E-state index in [0.717, 1.165) is 6.07 Å². The van der Waals surface area contributed by atoms with Gasteiger partial charge in [-0.05, 0) is 19.1 Å². The molecular weight excluding hydrogens is 413 g/mol. The zero-order valence-electron chi connectivity index (χ0n) is 15.9. The second kappa shape index (κ2) is 7.63. The van der Waals surface area contributed by atoms with Crippen molar-refractivity contribution in [1.82, 2.24) is 15.1 Å². The molecule has 0 saturated carbocycles. The van der Waals surface area contributed by atoms with E-state index in [4.69, 9.17) is 4.52 Å². The number of rotatable bonds is 4. The summed E-state index contributed by atoms with van der Waals surface area (Å²) in [4.78, 5) is 18.8. The summed E-state index contributed by atoms with van der Waals surface area (Å²) in [6, 6.07) is 14.7. The van der Waals surface area contributed by atoms with Gasteiger partial charge < -0.3 is 4.52 Å². The third-order valence-electron chi connectivity index (χ3n) is 4.45. The Morgan fingerprint density at radius 2 is 1.68 bits per heavy atom. The van der Waals surface area contributed by atoms with Gasteiger partial charge in [0.25, 0.3) is 11.6 Å². The molecule has 4 rings (SSSR count). The molecule has 0 saturated heterocycles. The molecule has 4 aromatic rings. The molecule has 31 heavy (non-hydrogen) atoms. The first kappa shape index (κ1) is 20.2. The number of aryl methyl sites for hydroxylation is 1. The van der Waals surface area contributed by atoms with Gasteiger partial charge in [0.05, 0.1) is 21.7 Å². The van der Waals surface area contributed by atoms with Crippen molar-refractivity contribution in [3.63, 3.8) is 0 Å². The van der Waals surface area contributed by atoms with Crippen molar-refractivity contribution in [2.45, 2.75) is 13.1 Å². The fourth-order valence-electron chi connectivity index (χ4n) is 3.12. The molecule has 0 spiro atoms. The number of hydrogen-bond donors (Lipinski definition) is 0. The van der Waals surface area contributed by atoms with E-state index in [1.54, 1.807) is 30.3 Å². The van der Waals surface area contributed by atoms with Crippen LogP contribution in [0.5, 0.6) is 0 Å². The Hall–Kier alpha value is -4.08. The molecule has 0 bridgehead atoms. The Labute approximate surface area is 173 Å². The highest BCUT2D eigenvalue weighted by Gasteiger charge is 2.37. The molecule has 0 aliphatic carbocycles. The lowest BCUT2D eigenvalue weighted by molar-refractivity contribution is -0.384. The van der Waals surface area contributed by atoms with Crippen molar-refractivity contribution < 1.29 is 22.6 Å². The van der Waals surface area contributed by atoms with Crippen molar-refractivity contribution in [2.24, 2.45) is 0 Å². The molecule has 2 heterocycles. The van der Waals surface area contributed by atoms with Crippen molar-refractivity contribution in [3.8, 4) is 34.1 Å². The van der Waals surface area contributed by atoms with E-state index >= 15 is 0 Å². The summed E-state index contributed by atoms with van der Waals surface area (Å²) in [7, 11) is 0. The minimum Gasteiger partial charge on any atom is -0.334 e. The molecule has 0 fully saturated rings. The predicted octanol–water partition coefficient (Wildman–Crippen LogP) is 5.70. The highest BCUT2D eigenvalue weighted by Crippen LogP contribution is 2.41. The van der Waals surface area contributed by atoms with E-state index in [1.807, 2.05) is 0 Å². The smallest absolute Gasteiger partial charge is 0.334 e. The molecule has 0 N–H and O–H groups in total. The summed E-state index contributed by atoms with van der Waals surface area (Å²) in [5.74, 6) is -0.466. The van der Waals surface area contributed by atoms with Crippen LogP contribution >= 0.6 is 0 Å². The SMILES string of the molecule is Cc1cc(C(F)(F)F)c(-c2noc(-c3cccc([N+](=O)[O-])c3)n2)c(-c2ccccc2)n1. The Bertz CT molecular complexity index is 1270. The van der Waals surface area contributed by atoms with Crippen LogP contribution < -0.4 is 0 Å². The fourth-order valence-corrected chi connectivity index (χ4v) is 3.12. The molecule has 0 radical (unpaired) electrons. The molecule has 10 heteroatoms. The molecule has 2 aromatic heterocycles. The quantitative estimate of drug-likeness (QED) is 0.307. The van der Waals surface area contributed by atoms with Crippen molar-refractivity contribution in [1.29, 1.82) is 0 Å². The number of hydrogen-bond acceptors (Lipinski definition) is 6. The van der Waals surface area contributed by atoms with Crippen molar-refractivity contribution >= 4 is 5.69 Å². The average Bonchev–Trinajstić information content (AvgIpc) is 3.23. The summed E-state index contributed by atoms with van der Waals surface area (Å²) in [5, 5.41) is 14.7. The van der Waals surface area contributed by atoms with Gasteiger partial charge in [-0.3, -0.25) is 15.1 Å². The number of aromatic nitrogens is 3. The van der Waals surface area contributed by atoms with Gasteiger partial charge in [-0.2, -0.15) is 18.2 Å². The molecular formula is C21H13F3N4O3. The number of halogens is 3. The summed E-state index contributed by atoms with van der Waals surface area (Å²) in [6.45, 7) is 1.47. The van der Waals surface area contributed by atoms with Gasteiger partial charge in [0.15, 0.2) is 0 Å². The monoisotopic (exact) mass is 426 g/mol. The van der Waals surface area contributed by atoms with Gasteiger partial charge in [0, 0.05) is 29.0 Å². The van der Waals surface area contributed by atoms with Crippen LogP contribution in [0.3, 0.4) is 0 Å². The van der Waals surface area contributed by atoms with Gasteiger partial charge in [-0.25, -0.2) is 0 Å². The molecule has 7 nitrogen and oxygen atoms in total. The van der Waals surface area contributed by atoms with Gasteiger partial charge in [0.1, 0.15) is 0 Å². The first-order valence-corrected chi connectivity index (χ1v) is 8.97. The van der Waals surface area contributed by atoms with Crippen LogP contribution in [0.15, 0.2) is 65.2 Å². The highest BCUT2D eigenvalue weighted by atomic mass is 19.4. The Kier molecular flexibility index (Phi) is 4.97. The molecule has 0 aliphatic rings. The van der Waals surface area contributed by atoms with Gasteiger partial charge in [-0.1, -0.05) is 41.6 Å². The van der Waals surface area contributed by atoms with Crippen molar-refractivity contribution in [3.05, 3.63) is 82.0 Å². The van der Waals surface area contributed by atoms with Crippen LogP contribution in [0.25, 0.3) is 34.1 Å². The lowest BCUT2D eigenvalue weighted by atomic mass is 9.99. The first-order chi connectivity index (χ1) is 14.7. The number of nitro benzene ring substituents is 1. The van der Waals surface area contributed by atoms with Gasteiger partial charge in [-0.15, -0.1) is 0 Å². The van der Waals surface area contributed by atoms with Crippen LogP contribution in [0.4, 0.5) is 18.9 Å². The van der Waals surface area contributed by atoms with E-state index in [1.165, 1.54) is 31.2 Å². The van der Waals surface area contributed by atoms with Crippen LogP contribution in [-0.4, -0.2) is 20.0 Å². The first-order valence-electron chi connectivity index (χ1n) is 8.97. The molecule has 2 aromatic carbocycles. The zero-order valence-corrected chi connectivity index (χ0v) is 15.9. The third-order valence-corrected chi connectivity index (χ3v) is 4.45. The predicted molar refractivity (Wildman–Crippen MR) is 105 cm³/mol. The summed E-state index contributed by atoms with van der Waals surface area (Å²) >= 11 is 0. The number of alkyl halides is 3. The number of pyridine rings is 1.